The van der Waals surface area contributed by atoms with Gasteiger partial charge in [-0.3, -0.25) is 4.79 Å². The molecule has 2 aromatic rings. The lowest BCUT2D eigenvalue weighted by atomic mass is 10.0. The minimum atomic E-state index is -0.240. The summed E-state index contributed by atoms with van der Waals surface area (Å²) in [5, 5.41) is 12.4. The van der Waals surface area contributed by atoms with Gasteiger partial charge in [0.1, 0.15) is 0 Å². The van der Waals surface area contributed by atoms with Crippen LogP contribution in [0.2, 0.25) is 0 Å². The number of ether oxygens (including phenoxy) is 3. The Labute approximate surface area is 287 Å². The zero-order chi connectivity index (χ0) is 34.3. The number of aliphatic hydroxyl groups is 1. The summed E-state index contributed by atoms with van der Waals surface area (Å²) in [5.74, 6) is 3.73. The third-order valence-corrected chi connectivity index (χ3v) is 8.47. The molecule has 2 aromatic carbocycles. The van der Waals surface area contributed by atoms with Crippen molar-refractivity contribution in [1.82, 2.24) is 0 Å². The van der Waals surface area contributed by atoms with E-state index in [2.05, 4.69) is 46.9 Å². The van der Waals surface area contributed by atoms with Gasteiger partial charge in [-0.1, -0.05) is 131 Å². The van der Waals surface area contributed by atoms with Crippen LogP contribution in [0.15, 0.2) is 36.4 Å². The Morgan fingerprint density at radius 2 is 1.00 bits per heavy atom. The molecule has 0 fully saturated rings. The van der Waals surface area contributed by atoms with Gasteiger partial charge >= 0.3 is 0 Å². The molecule has 0 atom stereocenters. The summed E-state index contributed by atoms with van der Waals surface area (Å²) < 4.78 is 19.1. The average Bonchev–Trinajstić information content (AvgIpc) is 3.03. The van der Waals surface area contributed by atoms with Gasteiger partial charge in [0.15, 0.2) is 11.5 Å². The molecule has 0 spiro atoms. The smallest absolute Gasteiger partial charge is 0.255 e. The molecule has 0 radical (unpaired) electrons. The Kier molecular flexibility index (Phi) is 21.0. The fourth-order valence-electron chi connectivity index (χ4n) is 5.52. The zero-order valence-electron chi connectivity index (χ0n) is 30.7. The first-order valence-electron chi connectivity index (χ1n) is 18.8. The predicted molar refractivity (Wildman–Crippen MR) is 197 cm³/mol. The molecule has 2 rings (SSSR count). The molecular weight excluding hydrogens is 586 g/mol. The van der Waals surface area contributed by atoms with Crippen LogP contribution in [0.3, 0.4) is 0 Å². The van der Waals surface area contributed by atoms with E-state index in [1.54, 1.807) is 36.4 Å². The zero-order valence-corrected chi connectivity index (χ0v) is 30.7. The van der Waals surface area contributed by atoms with Crippen LogP contribution in [0.25, 0.3) is 0 Å². The molecule has 0 aromatic heterocycles. The number of amides is 1. The molecule has 1 amide bonds. The molecule has 2 N–H and O–H groups in total. The summed E-state index contributed by atoms with van der Waals surface area (Å²) >= 11 is 0. The molecule has 6 heteroatoms. The summed E-state index contributed by atoms with van der Waals surface area (Å²) in [6.07, 6.45) is 17.4. The highest BCUT2D eigenvalue weighted by Gasteiger charge is 2.19. The van der Waals surface area contributed by atoms with Crippen LogP contribution in [0.4, 0.5) is 5.69 Å². The lowest BCUT2D eigenvalue weighted by Gasteiger charge is -2.19. The van der Waals surface area contributed by atoms with Crippen molar-refractivity contribution in [3.05, 3.63) is 47.5 Å². The van der Waals surface area contributed by atoms with E-state index in [0.717, 1.165) is 61.8 Å². The van der Waals surface area contributed by atoms with Gasteiger partial charge in [0.2, 0.25) is 5.75 Å². The van der Waals surface area contributed by atoms with E-state index in [-0.39, 0.29) is 12.5 Å². The maximum atomic E-state index is 13.5. The quantitative estimate of drug-likeness (QED) is 0.0938. The van der Waals surface area contributed by atoms with Crippen LogP contribution in [-0.2, 0) is 6.61 Å². The third kappa shape index (κ3) is 18.4. The molecule has 0 bridgehead atoms. The van der Waals surface area contributed by atoms with Crippen LogP contribution in [-0.4, -0.2) is 30.8 Å². The Balaban J connectivity index is 2.19. The van der Waals surface area contributed by atoms with Gasteiger partial charge in [0, 0.05) is 11.3 Å². The predicted octanol–water partition coefficient (Wildman–Crippen LogP) is 11.4. The first kappa shape index (κ1) is 40.4. The molecule has 0 saturated heterocycles. The van der Waals surface area contributed by atoms with Crippen molar-refractivity contribution >= 4 is 11.6 Å². The molecule has 0 unspecified atom stereocenters. The van der Waals surface area contributed by atoms with E-state index in [0.29, 0.717) is 48.3 Å². The number of carbonyl (C=O) groups is 1. The first-order chi connectivity index (χ1) is 22.7. The van der Waals surface area contributed by atoms with Gasteiger partial charge in [0.25, 0.3) is 5.91 Å². The van der Waals surface area contributed by atoms with Crippen molar-refractivity contribution < 1.29 is 24.1 Å². The summed E-state index contributed by atoms with van der Waals surface area (Å²) in [7, 11) is 0. The Bertz CT molecular complexity index is 1050. The number of benzene rings is 2. The van der Waals surface area contributed by atoms with Crippen LogP contribution in [0, 0.1) is 17.8 Å². The lowest BCUT2D eigenvalue weighted by Crippen LogP contribution is -2.14. The maximum absolute atomic E-state index is 13.5. The second-order valence-electron chi connectivity index (χ2n) is 14.4. The highest BCUT2D eigenvalue weighted by molar-refractivity contribution is 6.05. The highest BCUT2D eigenvalue weighted by atomic mass is 16.5. The minimum absolute atomic E-state index is 0.0372. The number of hydrogen-bond donors (Lipinski definition) is 2. The number of hydrogen-bond acceptors (Lipinski definition) is 5. The second-order valence-corrected chi connectivity index (χ2v) is 14.4. The molecule has 0 saturated carbocycles. The van der Waals surface area contributed by atoms with E-state index < -0.39 is 0 Å². The number of rotatable bonds is 27. The van der Waals surface area contributed by atoms with Crippen molar-refractivity contribution in [2.24, 2.45) is 17.8 Å². The van der Waals surface area contributed by atoms with Crippen molar-refractivity contribution in [3.63, 3.8) is 0 Å². The molecule has 0 aliphatic rings. The lowest BCUT2D eigenvalue weighted by molar-refractivity contribution is 0.102. The van der Waals surface area contributed by atoms with E-state index in [1.165, 1.54) is 57.8 Å². The molecule has 47 heavy (non-hydrogen) atoms. The molecule has 0 aliphatic carbocycles. The minimum Gasteiger partial charge on any atom is -0.490 e. The largest absolute Gasteiger partial charge is 0.490 e. The van der Waals surface area contributed by atoms with Gasteiger partial charge in [-0.05, 0) is 66.8 Å². The maximum Gasteiger partial charge on any atom is 0.255 e. The number of nitrogens with one attached hydrogen (secondary N) is 1. The van der Waals surface area contributed by atoms with Crippen molar-refractivity contribution in [2.45, 2.75) is 144 Å². The molecule has 266 valence electrons. The topological polar surface area (TPSA) is 77.0 Å². The summed E-state index contributed by atoms with van der Waals surface area (Å²) in [6.45, 7) is 15.3. The van der Waals surface area contributed by atoms with Gasteiger partial charge < -0.3 is 24.6 Å². The van der Waals surface area contributed by atoms with Crippen LogP contribution >= 0.6 is 0 Å². The molecule has 0 heterocycles. The number of anilines is 1. The van der Waals surface area contributed by atoms with E-state index in [1.807, 2.05) is 0 Å². The number of unbranched alkanes of at least 4 members (excludes halogenated alkanes) is 9. The van der Waals surface area contributed by atoms with Gasteiger partial charge in [-0.2, -0.15) is 0 Å². The Hall–Kier alpha value is -2.73. The Morgan fingerprint density at radius 1 is 0.596 bits per heavy atom. The molecule has 6 nitrogen and oxygen atoms in total. The van der Waals surface area contributed by atoms with Crippen molar-refractivity contribution in [2.75, 3.05) is 25.1 Å². The van der Waals surface area contributed by atoms with E-state index in [4.69, 9.17) is 14.2 Å². The number of carbonyl (C=O) groups excluding carboxylic acids is 1. The summed E-state index contributed by atoms with van der Waals surface area (Å²) in [5.41, 5.74) is 1.93. The van der Waals surface area contributed by atoms with Crippen LogP contribution in [0.5, 0.6) is 17.2 Å². The fraction of sp³-hybridized carbons (Fsp3) is 0.683. The summed E-state index contributed by atoms with van der Waals surface area (Å²) in [6, 6.07) is 10.8. The SMILES string of the molecule is CC(C)CCCCCCOc1cc(C(=O)Nc2ccc(CO)cc2)cc(OCCCCCCC(C)C)c1OCCCCCCC(C)C. The van der Waals surface area contributed by atoms with Crippen molar-refractivity contribution in [3.8, 4) is 17.2 Å². The standard InChI is InChI=1S/C41H67NO5/c1-32(2)19-13-7-10-16-26-45-38-29-36(41(44)42-37-24-22-35(31-43)23-25-37)30-39(46-27-17-11-8-14-20-33(3)4)40(38)47-28-18-12-9-15-21-34(5)6/h22-25,29-30,32-34,43H,7-21,26-28,31H2,1-6H3,(H,42,44). The van der Waals surface area contributed by atoms with Crippen LogP contribution in [0.1, 0.15) is 154 Å². The fourth-order valence-corrected chi connectivity index (χ4v) is 5.52. The summed E-state index contributed by atoms with van der Waals surface area (Å²) in [4.78, 5) is 13.5. The van der Waals surface area contributed by atoms with Gasteiger partial charge in [-0.15, -0.1) is 0 Å². The van der Waals surface area contributed by atoms with Crippen LogP contribution < -0.4 is 19.5 Å². The number of aliphatic hydroxyl groups excluding tert-OH is 1. The average molecular weight is 654 g/mol. The monoisotopic (exact) mass is 654 g/mol. The normalized spacial score (nSPS) is 11.4. The van der Waals surface area contributed by atoms with E-state index in [9.17, 15) is 9.90 Å². The molecular formula is C41H67NO5. The Morgan fingerprint density at radius 3 is 1.40 bits per heavy atom. The van der Waals surface area contributed by atoms with E-state index >= 15 is 0 Å². The van der Waals surface area contributed by atoms with Gasteiger partial charge in [0.05, 0.1) is 26.4 Å². The highest BCUT2D eigenvalue weighted by Crippen LogP contribution is 2.40. The second kappa shape index (κ2) is 24.4. The first-order valence-corrected chi connectivity index (χ1v) is 18.8. The van der Waals surface area contributed by atoms with Gasteiger partial charge in [-0.25, -0.2) is 0 Å². The molecule has 0 aliphatic heterocycles. The third-order valence-electron chi connectivity index (χ3n) is 8.47. The van der Waals surface area contributed by atoms with Crippen molar-refractivity contribution in [1.29, 1.82) is 0 Å².